The van der Waals surface area contributed by atoms with Gasteiger partial charge in [0.05, 0.1) is 18.4 Å². The second kappa shape index (κ2) is 8.24. The Hall–Kier alpha value is -3.17. The first-order valence-corrected chi connectivity index (χ1v) is 9.89. The second-order valence-corrected chi connectivity index (χ2v) is 7.78. The first-order chi connectivity index (χ1) is 13.4. The average Bonchev–Trinajstić information content (AvgIpc) is 3.09. The van der Waals surface area contributed by atoms with Crippen LogP contribution in [0.5, 0.6) is 0 Å². The van der Waals surface area contributed by atoms with Crippen molar-refractivity contribution in [2.24, 2.45) is 0 Å². The Morgan fingerprint density at radius 2 is 1.79 bits per heavy atom. The quantitative estimate of drug-likeness (QED) is 0.522. The molecule has 0 saturated heterocycles. The van der Waals surface area contributed by atoms with E-state index in [1.54, 1.807) is 6.20 Å². The molecule has 2 aromatic carbocycles. The molecule has 3 aromatic rings. The Kier molecular flexibility index (Phi) is 5.76. The van der Waals surface area contributed by atoms with Crippen LogP contribution in [0.2, 0.25) is 0 Å². The van der Waals surface area contributed by atoms with Gasteiger partial charge >= 0.3 is 5.97 Å². The van der Waals surface area contributed by atoms with Gasteiger partial charge in [-0.05, 0) is 35.9 Å². The summed E-state index contributed by atoms with van der Waals surface area (Å²) in [5, 5.41) is 3.72. The zero-order valence-corrected chi connectivity index (χ0v) is 15.9. The Labute approximate surface area is 162 Å². The first kappa shape index (κ1) is 19.6. The minimum absolute atomic E-state index is 0.0222. The zero-order valence-electron chi connectivity index (χ0n) is 15.1. The number of rotatable bonds is 7. The van der Waals surface area contributed by atoms with Gasteiger partial charge in [-0.1, -0.05) is 18.2 Å². The molecule has 0 aliphatic rings. The molecule has 0 unspecified atom stereocenters. The molecule has 3 rings (SSSR count). The van der Waals surface area contributed by atoms with E-state index < -0.39 is 22.5 Å². The summed E-state index contributed by atoms with van der Waals surface area (Å²) in [6.07, 6.45) is 1.98. The van der Waals surface area contributed by atoms with Gasteiger partial charge in [-0.15, -0.1) is 0 Å². The van der Waals surface area contributed by atoms with Crippen LogP contribution in [0.1, 0.15) is 5.56 Å². The van der Waals surface area contributed by atoms with Crippen molar-refractivity contribution in [3.05, 3.63) is 60.3 Å². The van der Waals surface area contributed by atoms with Gasteiger partial charge < -0.3 is 15.0 Å². The molecule has 0 aliphatic carbocycles. The minimum Gasteiger partial charge on any atom is -0.468 e. The molecule has 8 nitrogen and oxygen atoms in total. The number of hydrogen-bond acceptors (Lipinski definition) is 5. The number of ether oxygens (including phenoxy) is 1. The molecule has 28 heavy (non-hydrogen) atoms. The highest BCUT2D eigenvalue weighted by molar-refractivity contribution is 7.89. The van der Waals surface area contributed by atoms with Crippen LogP contribution in [0.15, 0.2) is 59.6 Å². The number of anilines is 1. The highest BCUT2D eigenvalue weighted by atomic mass is 32.2. The number of sulfonamides is 1. The molecule has 9 heteroatoms. The van der Waals surface area contributed by atoms with E-state index in [-0.39, 0.29) is 17.2 Å². The summed E-state index contributed by atoms with van der Waals surface area (Å²) in [7, 11) is -2.67. The van der Waals surface area contributed by atoms with Gasteiger partial charge in [0.1, 0.15) is 6.54 Å². The van der Waals surface area contributed by atoms with Crippen LogP contribution in [0, 0.1) is 0 Å². The number of amides is 1. The monoisotopic (exact) mass is 401 g/mol. The third-order valence-electron chi connectivity index (χ3n) is 4.11. The van der Waals surface area contributed by atoms with Crippen LogP contribution in [0.25, 0.3) is 10.9 Å². The summed E-state index contributed by atoms with van der Waals surface area (Å²) in [5.41, 5.74) is 2.30. The number of para-hydroxylation sites is 1. The lowest BCUT2D eigenvalue weighted by molar-refractivity contribution is -0.139. The summed E-state index contributed by atoms with van der Waals surface area (Å²) in [4.78, 5) is 26.5. The van der Waals surface area contributed by atoms with Gasteiger partial charge in [0.25, 0.3) is 0 Å². The van der Waals surface area contributed by atoms with Gasteiger partial charge in [-0.25, -0.2) is 8.42 Å². The zero-order chi connectivity index (χ0) is 20.1. The summed E-state index contributed by atoms with van der Waals surface area (Å²) in [6.45, 7) is -0.456. The molecule has 0 aliphatic heterocycles. The Morgan fingerprint density at radius 3 is 2.50 bits per heavy atom. The SMILES string of the molecule is COC(=O)CNS(=O)(=O)c1ccc(NC(=O)Cc2c[nH]c3ccccc23)cc1. The van der Waals surface area contributed by atoms with Crippen molar-refractivity contribution < 1.29 is 22.7 Å². The molecule has 3 N–H and O–H groups in total. The number of aromatic amines is 1. The van der Waals surface area contributed by atoms with Gasteiger partial charge in [0.2, 0.25) is 15.9 Å². The van der Waals surface area contributed by atoms with Gasteiger partial charge in [-0.3, -0.25) is 9.59 Å². The van der Waals surface area contributed by atoms with Gasteiger partial charge in [0.15, 0.2) is 0 Å². The van der Waals surface area contributed by atoms with E-state index in [4.69, 9.17) is 0 Å². The topological polar surface area (TPSA) is 117 Å². The van der Waals surface area contributed by atoms with Crippen LogP contribution in [0.3, 0.4) is 0 Å². The Morgan fingerprint density at radius 1 is 1.07 bits per heavy atom. The van der Waals surface area contributed by atoms with Crippen LogP contribution >= 0.6 is 0 Å². The lowest BCUT2D eigenvalue weighted by atomic mass is 10.1. The normalized spacial score (nSPS) is 11.3. The third-order valence-corrected chi connectivity index (χ3v) is 5.53. The summed E-state index contributed by atoms with van der Waals surface area (Å²) in [6, 6.07) is 13.4. The molecule has 0 saturated carbocycles. The fourth-order valence-electron chi connectivity index (χ4n) is 2.68. The molecule has 1 heterocycles. The predicted molar refractivity (Wildman–Crippen MR) is 104 cm³/mol. The number of methoxy groups -OCH3 is 1. The molecule has 0 radical (unpaired) electrons. The number of carbonyl (C=O) groups is 2. The van der Waals surface area contributed by atoms with Crippen molar-refractivity contribution >= 4 is 38.5 Å². The number of H-pyrrole nitrogens is 1. The number of fused-ring (bicyclic) bond motifs is 1. The maximum absolute atomic E-state index is 12.3. The van der Waals surface area contributed by atoms with Crippen molar-refractivity contribution in [1.82, 2.24) is 9.71 Å². The minimum atomic E-state index is -3.84. The van der Waals surface area contributed by atoms with Crippen LogP contribution in [-0.2, 0) is 30.8 Å². The fraction of sp³-hybridized carbons (Fsp3) is 0.158. The lowest BCUT2D eigenvalue weighted by Crippen LogP contribution is -2.30. The molecule has 1 aromatic heterocycles. The molecular weight excluding hydrogens is 382 g/mol. The summed E-state index contributed by atoms with van der Waals surface area (Å²) >= 11 is 0. The van der Waals surface area contributed by atoms with Crippen LogP contribution in [0.4, 0.5) is 5.69 Å². The number of benzene rings is 2. The molecule has 0 fully saturated rings. The van der Waals surface area contributed by atoms with Crippen LogP contribution < -0.4 is 10.0 Å². The first-order valence-electron chi connectivity index (χ1n) is 8.40. The number of esters is 1. The smallest absolute Gasteiger partial charge is 0.320 e. The highest BCUT2D eigenvalue weighted by Crippen LogP contribution is 2.19. The molecule has 146 valence electrons. The van der Waals surface area contributed by atoms with Crippen molar-refractivity contribution in [3.8, 4) is 0 Å². The maximum Gasteiger partial charge on any atom is 0.320 e. The van der Waals surface area contributed by atoms with Gasteiger partial charge in [0, 0.05) is 22.8 Å². The number of aromatic nitrogens is 1. The predicted octanol–water partition coefficient (Wildman–Crippen LogP) is 1.80. The van der Waals surface area contributed by atoms with Crippen LogP contribution in [-0.4, -0.2) is 38.9 Å². The lowest BCUT2D eigenvalue weighted by Gasteiger charge is -2.08. The largest absolute Gasteiger partial charge is 0.468 e. The van der Waals surface area contributed by atoms with E-state index in [2.05, 4.69) is 19.8 Å². The van der Waals surface area contributed by atoms with Crippen molar-refractivity contribution in [2.45, 2.75) is 11.3 Å². The van der Waals surface area contributed by atoms with E-state index in [1.165, 1.54) is 31.4 Å². The Balaban J connectivity index is 1.63. The fourth-order valence-corrected chi connectivity index (χ4v) is 3.65. The Bertz CT molecular complexity index is 1100. The van der Waals surface area contributed by atoms with Crippen molar-refractivity contribution in [1.29, 1.82) is 0 Å². The molecule has 0 bridgehead atoms. The van der Waals surface area contributed by atoms with Crippen molar-refractivity contribution in [2.75, 3.05) is 19.0 Å². The van der Waals surface area contributed by atoms with E-state index >= 15 is 0 Å². The third kappa shape index (κ3) is 4.56. The molecular formula is C19H19N3O5S. The highest BCUT2D eigenvalue weighted by Gasteiger charge is 2.16. The van der Waals surface area contributed by atoms with E-state index in [0.717, 1.165) is 16.5 Å². The number of nitrogens with one attached hydrogen (secondary N) is 3. The van der Waals surface area contributed by atoms with Gasteiger partial charge in [-0.2, -0.15) is 4.72 Å². The number of carbonyl (C=O) groups excluding carboxylic acids is 2. The van der Waals surface area contributed by atoms with E-state index in [1.807, 2.05) is 24.3 Å². The average molecular weight is 401 g/mol. The molecule has 0 atom stereocenters. The second-order valence-electron chi connectivity index (χ2n) is 6.01. The van der Waals surface area contributed by atoms with Crippen molar-refractivity contribution in [3.63, 3.8) is 0 Å². The summed E-state index contributed by atoms with van der Waals surface area (Å²) in [5.74, 6) is -0.908. The molecule has 1 amide bonds. The van der Waals surface area contributed by atoms with E-state index in [9.17, 15) is 18.0 Å². The number of hydrogen-bond donors (Lipinski definition) is 3. The maximum atomic E-state index is 12.3. The summed E-state index contributed by atoms with van der Waals surface area (Å²) < 4.78 is 30.8. The van der Waals surface area contributed by atoms with E-state index in [0.29, 0.717) is 5.69 Å². The molecule has 0 spiro atoms. The standard InChI is InChI=1S/C19H19N3O5S/c1-27-19(24)12-21-28(25,26)15-8-6-14(7-9-15)22-18(23)10-13-11-20-17-5-3-2-4-16(13)17/h2-9,11,20-21H,10,12H2,1H3,(H,22,23).